The van der Waals surface area contributed by atoms with Crippen LogP contribution in [0.25, 0.3) is 0 Å². The molecule has 20 heavy (non-hydrogen) atoms. The summed E-state index contributed by atoms with van der Waals surface area (Å²) >= 11 is 0. The minimum atomic E-state index is -4.33. The minimum Gasteiger partial charge on any atom is -0.364 e. The van der Waals surface area contributed by atoms with E-state index in [1.807, 2.05) is 35.2 Å². The lowest BCUT2D eigenvalue weighted by atomic mass is 9.98. The van der Waals surface area contributed by atoms with Crippen molar-refractivity contribution >= 4 is 0 Å². The quantitative estimate of drug-likeness (QED) is 0.842. The fourth-order valence-corrected chi connectivity index (χ4v) is 2.60. The van der Waals surface area contributed by atoms with Crippen LogP contribution in [-0.4, -0.2) is 36.4 Å². The van der Waals surface area contributed by atoms with Crippen LogP contribution < -0.4 is 0 Å². The summed E-state index contributed by atoms with van der Waals surface area (Å²) in [7, 11) is 0. The second-order valence-electron chi connectivity index (χ2n) is 5.24. The number of rotatable bonds is 3. The number of hydrogen-bond acceptors (Lipinski definition) is 2. The summed E-state index contributed by atoms with van der Waals surface area (Å²) in [6.45, 7) is 2.77. The fourth-order valence-electron chi connectivity index (χ4n) is 2.60. The van der Waals surface area contributed by atoms with E-state index in [9.17, 15) is 13.2 Å². The zero-order chi connectivity index (χ0) is 14.6. The lowest BCUT2D eigenvalue weighted by Crippen LogP contribution is -2.53. The van der Waals surface area contributed by atoms with Gasteiger partial charge in [0.15, 0.2) is 5.60 Å². The van der Waals surface area contributed by atoms with Crippen molar-refractivity contribution in [2.45, 2.75) is 38.1 Å². The molecular formula is C15H20F3NO. The van der Waals surface area contributed by atoms with Gasteiger partial charge in [0.1, 0.15) is 0 Å². The average Bonchev–Trinajstić information content (AvgIpc) is 2.62. The smallest absolute Gasteiger partial charge is 0.364 e. The Balaban J connectivity index is 2.14. The van der Waals surface area contributed by atoms with Crippen molar-refractivity contribution in [1.29, 1.82) is 0 Å². The van der Waals surface area contributed by atoms with Gasteiger partial charge in [0.2, 0.25) is 0 Å². The van der Waals surface area contributed by atoms with Crippen LogP contribution in [-0.2, 0) is 11.3 Å². The maximum atomic E-state index is 13.3. The minimum absolute atomic E-state index is 0.0538. The van der Waals surface area contributed by atoms with Crippen molar-refractivity contribution in [1.82, 2.24) is 4.90 Å². The van der Waals surface area contributed by atoms with Crippen LogP contribution in [0.1, 0.15) is 25.3 Å². The highest BCUT2D eigenvalue weighted by molar-refractivity contribution is 5.14. The first-order valence-corrected chi connectivity index (χ1v) is 6.94. The summed E-state index contributed by atoms with van der Waals surface area (Å²) in [5.41, 5.74) is -1.00. The molecule has 2 rings (SSSR count). The number of benzene rings is 1. The van der Waals surface area contributed by atoms with Crippen molar-refractivity contribution in [2.75, 3.05) is 19.7 Å². The van der Waals surface area contributed by atoms with Gasteiger partial charge in [0.05, 0.1) is 0 Å². The summed E-state index contributed by atoms with van der Waals surface area (Å²) in [5, 5.41) is 0. The Hall–Kier alpha value is -1.07. The molecule has 0 aromatic heterocycles. The fraction of sp³-hybridized carbons (Fsp3) is 0.600. The average molecular weight is 287 g/mol. The van der Waals surface area contributed by atoms with Crippen LogP contribution in [0.3, 0.4) is 0 Å². The number of ether oxygens (including phenoxy) is 1. The van der Waals surface area contributed by atoms with Crippen molar-refractivity contribution < 1.29 is 17.9 Å². The molecule has 0 amide bonds. The van der Waals surface area contributed by atoms with Gasteiger partial charge in [-0.05, 0) is 18.4 Å². The van der Waals surface area contributed by atoms with E-state index in [0.29, 0.717) is 19.5 Å². The molecule has 0 saturated carbocycles. The molecule has 1 aromatic carbocycles. The normalized spacial score (nSPS) is 25.4. The first kappa shape index (κ1) is 15.3. The molecule has 0 N–H and O–H groups in total. The molecule has 1 heterocycles. The monoisotopic (exact) mass is 287 g/mol. The summed E-state index contributed by atoms with van der Waals surface area (Å²) in [5.74, 6) is 0. The van der Waals surface area contributed by atoms with E-state index in [-0.39, 0.29) is 19.6 Å². The molecule has 1 aliphatic rings. The zero-order valence-electron chi connectivity index (χ0n) is 11.6. The highest BCUT2D eigenvalue weighted by Crippen LogP contribution is 2.38. The molecule has 1 fully saturated rings. The molecule has 1 aliphatic heterocycles. The molecule has 0 spiro atoms. The molecule has 2 nitrogen and oxygen atoms in total. The van der Waals surface area contributed by atoms with Gasteiger partial charge in [-0.15, -0.1) is 0 Å². The van der Waals surface area contributed by atoms with Gasteiger partial charge in [-0.1, -0.05) is 37.3 Å². The van der Waals surface area contributed by atoms with Crippen LogP contribution in [0, 0.1) is 0 Å². The Morgan fingerprint density at radius 3 is 2.55 bits per heavy atom. The first-order valence-electron chi connectivity index (χ1n) is 6.94. The van der Waals surface area contributed by atoms with Gasteiger partial charge in [-0.25, -0.2) is 0 Å². The number of nitrogens with zero attached hydrogens (tertiary/aromatic N) is 1. The summed E-state index contributed by atoms with van der Waals surface area (Å²) < 4.78 is 45.2. The maximum absolute atomic E-state index is 13.3. The van der Waals surface area contributed by atoms with Crippen molar-refractivity contribution in [3.63, 3.8) is 0 Å². The van der Waals surface area contributed by atoms with E-state index in [2.05, 4.69) is 0 Å². The molecule has 112 valence electrons. The molecule has 5 heteroatoms. The number of halogens is 3. The third-order valence-corrected chi connectivity index (χ3v) is 3.81. The van der Waals surface area contributed by atoms with Gasteiger partial charge in [-0.2, -0.15) is 13.2 Å². The molecule has 0 radical (unpaired) electrons. The predicted octanol–water partition coefficient (Wildman–Crippen LogP) is 3.62. The Morgan fingerprint density at radius 2 is 1.95 bits per heavy atom. The molecule has 1 atom stereocenters. The number of alkyl halides is 3. The van der Waals surface area contributed by atoms with Crippen LogP contribution in [0.5, 0.6) is 0 Å². The largest absolute Gasteiger partial charge is 0.418 e. The predicted molar refractivity (Wildman–Crippen MR) is 71.4 cm³/mol. The van der Waals surface area contributed by atoms with Gasteiger partial charge in [0.25, 0.3) is 0 Å². The van der Waals surface area contributed by atoms with Gasteiger partial charge in [0, 0.05) is 26.2 Å². The molecule has 0 aliphatic carbocycles. The first-order chi connectivity index (χ1) is 9.47. The van der Waals surface area contributed by atoms with Crippen molar-refractivity contribution in [3.8, 4) is 0 Å². The van der Waals surface area contributed by atoms with Crippen LogP contribution in [0.15, 0.2) is 30.3 Å². The van der Waals surface area contributed by atoms with Crippen LogP contribution in [0.2, 0.25) is 0 Å². The van der Waals surface area contributed by atoms with E-state index in [1.165, 1.54) is 0 Å². The topological polar surface area (TPSA) is 12.5 Å². The van der Waals surface area contributed by atoms with Gasteiger partial charge >= 0.3 is 6.18 Å². The van der Waals surface area contributed by atoms with E-state index in [4.69, 9.17) is 4.74 Å². The lowest BCUT2D eigenvalue weighted by Gasteiger charge is -2.36. The summed E-state index contributed by atoms with van der Waals surface area (Å²) in [6, 6.07) is 9.59. The van der Waals surface area contributed by atoms with E-state index < -0.39 is 11.8 Å². The molecule has 0 unspecified atom stereocenters. The zero-order valence-corrected chi connectivity index (χ0v) is 11.6. The standard InChI is InChI=1S/C15H20F3NO/c1-2-14(15(16,17)18)12-19(9-6-10-20-14)11-13-7-4-3-5-8-13/h3-5,7-8H,2,6,9-12H2,1H3/t14-/m1/s1. The van der Waals surface area contributed by atoms with Crippen molar-refractivity contribution in [2.24, 2.45) is 0 Å². The third kappa shape index (κ3) is 3.33. The third-order valence-electron chi connectivity index (χ3n) is 3.81. The van der Waals surface area contributed by atoms with Gasteiger partial charge in [-0.3, -0.25) is 4.90 Å². The van der Waals surface area contributed by atoms with E-state index >= 15 is 0 Å². The second kappa shape index (κ2) is 6.14. The molecule has 0 bridgehead atoms. The van der Waals surface area contributed by atoms with Crippen LogP contribution in [0.4, 0.5) is 13.2 Å². The molecular weight excluding hydrogens is 267 g/mol. The SMILES string of the molecule is CC[C@]1(C(F)(F)F)CN(Cc2ccccc2)CCCO1. The maximum Gasteiger partial charge on any atom is 0.418 e. The molecule has 1 aromatic rings. The Labute approximate surface area is 117 Å². The highest BCUT2D eigenvalue weighted by Gasteiger charge is 2.56. The summed E-state index contributed by atoms with van der Waals surface area (Å²) in [4.78, 5) is 1.85. The second-order valence-corrected chi connectivity index (χ2v) is 5.24. The Kier molecular flexibility index (Phi) is 4.70. The molecule has 1 saturated heterocycles. The van der Waals surface area contributed by atoms with Crippen LogP contribution >= 0.6 is 0 Å². The Morgan fingerprint density at radius 1 is 1.25 bits per heavy atom. The van der Waals surface area contributed by atoms with Gasteiger partial charge < -0.3 is 4.74 Å². The summed E-state index contributed by atoms with van der Waals surface area (Å²) in [6.07, 6.45) is -3.76. The van der Waals surface area contributed by atoms with E-state index in [0.717, 1.165) is 5.56 Å². The Bertz CT molecular complexity index is 421. The number of hydrogen-bond donors (Lipinski definition) is 0. The lowest BCUT2D eigenvalue weighted by molar-refractivity contribution is -0.279. The van der Waals surface area contributed by atoms with Crippen molar-refractivity contribution in [3.05, 3.63) is 35.9 Å². The highest BCUT2D eigenvalue weighted by atomic mass is 19.4. The van der Waals surface area contributed by atoms with E-state index in [1.54, 1.807) is 6.92 Å².